The zero-order valence-corrected chi connectivity index (χ0v) is 16.4. The fourth-order valence-electron chi connectivity index (χ4n) is 2.87. The molecular weight excluding hydrogens is 342 g/mol. The number of rotatable bonds is 6. The highest BCUT2D eigenvalue weighted by Gasteiger charge is 2.17. The van der Waals surface area contributed by atoms with Crippen LogP contribution in [-0.2, 0) is 20.3 Å². The summed E-state index contributed by atoms with van der Waals surface area (Å²) in [5.41, 5.74) is 4.54. The summed E-state index contributed by atoms with van der Waals surface area (Å²) in [7, 11) is 3.64. The first kappa shape index (κ1) is 18.7. The number of aryl methyl sites for hydroxylation is 4. The van der Waals surface area contributed by atoms with Crippen LogP contribution < -0.4 is 4.74 Å². The van der Waals surface area contributed by atoms with E-state index in [0.717, 1.165) is 28.1 Å². The third-order valence-corrected chi connectivity index (χ3v) is 4.43. The molecule has 0 radical (unpaired) electrons. The summed E-state index contributed by atoms with van der Waals surface area (Å²) in [5, 5.41) is 8.66. The maximum atomic E-state index is 12.6. The normalized spacial score (nSPS) is 10.9. The van der Waals surface area contributed by atoms with E-state index in [4.69, 9.17) is 4.74 Å². The van der Waals surface area contributed by atoms with Gasteiger partial charge in [-0.1, -0.05) is 12.1 Å². The van der Waals surface area contributed by atoms with Crippen molar-refractivity contribution < 1.29 is 9.53 Å². The molecule has 0 aliphatic heterocycles. The van der Waals surface area contributed by atoms with Gasteiger partial charge >= 0.3 is 0 Å². The van der Waals surface area contributed by atoms with Crippen LogP contribution in [0.25, 0.3) is 0 Å². The van der Waals surface area contributed by atoms with Gasteiger partial charge < -0.3 is 9.64 Å². The molecule has 0 aliphatic rings. The van der Waals surface area contributed by atoms with Crippen LogP contribution in [0.15, 0.2) is 36.7 Å². The Hall–Kier alpha value is -3.09. The zero-order chi connectivity index (χ0) is 19.6. The quantitative estimate of drug-likeness (QED) is 0.672. The Morgan fingerprint density at radius 3 is 2.67 bits per heavy atom. The molecule has 1 amide bonds. The number of carbonyl (C=O) groups excluding carboxylic acids is 1. The second-order valence-electron chi connectivity index (χ2n) is 6.86. The van der Waals surface area contributed by atoms with E-state index >= 15 is 0 Å². The average molecular weight is 367 g/mol. The number of benzene rings is 1. The molecule has 0 N–H and O–H groups in total. The van der Waals surface area contributed by atoms with Crippen molar-refractivity contribution in [3.05, 3.63) is 64.7 Å². The molecule has 0 aliphatic carbocycles. The van der Waals surface area contributed by atoms with Gasteiger partial charge in [0.05, 0.1) is 5.69 Å². The van der Waals surface area contributed by atoms with Gasteiger partial charge in [0.2, 0.25) is 0 Å². The Labute approximate surface area is 159 Å². The standard InChI is InChI=1S/C20H25N5O2/c1-14-6-7-15(2)19(10-14)27-13-25-9-8-18(22-25)20(26)23(4)11-17-12-24(5)21-16(17)3/h6-10,12H,11,13H2,1-5H3. The van der Waals surface area contributed by atoms with Crippen molar-refractivity contribution in [3.63, 3.8) is 0 Å². The lowest BCUT2D eigenvalue weighted by molar-refractivity contribution is 0.0777. The second kappa shape index (κ2) is 7.65. The Balaban J connectivity index is 1.63. The summed E-state index contributed by atoms with van der Waals surface area (Å²) in [5.74, 6) is 0.686. The summed E-state index contributed by atoms with van der Waals surface area (Å²) in [4.78, 5) is 14.3. The molecular formula is C20H25N5O2. The lowest BCUT2D eigenvalue weighted by Gasteiger charge is -2.15. The van der Waals surface area contributed by atoms with Crippen LogP contribution in [0.4, 0.5) is 0 Å². The van der Waals surface area contributed by atoms with Crippen molar-refractivity contribution in [2.24, 2.45) is 7.05 Å². The molecule has 1 aromatic carbocycles. The van der Waals surface area contributed by atoms with E-state index in [2.05, 4.69) is 10.2 Å². The molecule has 7 nitrogen and oxygen atoms in total. The third kappa shape index (κ3) is 4.36. The van der Waals surface area contributed by atoms with Crippen molar-refractivity contribution in [1.29, 1.82) is 0 Å². The molecule has 2 aromatic heterocycles. The van der Waals surface area contributed by atoms with Crippen LogP contribution in [0.2, 0.25) is 0 Å². The minimum Gasteiger partial charge on any atom is -0.471 e. The summed E-state index contributed by atoms with van der Waals surface area (Å²) in [6.45, 7) is 6.71. The number of hydrogen-bond donors (Lipinski definition) is 0. The SMILES string of the molecule is Cc1ccc(C)c(OCn2ccc(C(=O)N(C)Cc3cn(C)nc3C)n2)c1. The summed E-state index contributed by atoms with van der Waals surface area (Å²) in [6.07, 6.45) is 3.68. The Bertz CT molecular complexity index is 957. The number of aromatic nitrogens is 4. The first-order valence-electron chi connectivity index (χ1n) is 8.81. The van der Waals surface area contributed by atoms with Gasteiger partial charge in [-0.25, -0.2) is 4.68 Å². The molecule has 0 spiro atoms. The van der Waals surface area contributed by atoms with Gasteiger partial charge in [-0.3, -0.25) is 9.48 Å². The molecule has 0 bridgehead atoms. The first-order chi connectivity index (χ1) is 12.8. The van der Waals surface area contributed by atoms with Crippen LogP contribution in [0.5, 0.6) is 5.75 Å². The third-order valence-electron chi connectivity index (χ3n) is 4.43. The van der Waals surface area contributed by atoms with Gasteiger partial charge in [0.1, 0.15) is 5.75 Å². The Kier molecular flexibility index (Phi) is 5.30. The lowest BCUT2D eigenvalue weighted by atomic mass is 10.1. The maximum Gasteiger partial charge on any atom is 0.274 e. The van der Waals surface area contributed by atoms with E-state index < -0.39 is 0 Å². The van der Waals surface area contributed by atoms with E-state index in [1.165, 1.54) is 0 Å². The van der Waals surface area contributed by atoms with Crippen LogP contribution in [0.3, 0.4) is 0 Å². The smallest absolute Gasteiger partial charge is 0.274 e. The van der Waals surface area contributed by atoms with Crippen molar-refractivity contribution in [1.82, 2.24) is 24.5 Å². The fraction of sp³-hybridized carbons (Fsp3) is 0.350. The molecule has 0 saturated carbocycles. The largest absolute Gasteiger partial charge is 0.471 e. The molecule has 7 heteroatoms. The second-order valence-corrected chi connectivity index (χ2v) is 6.86. The van der Waals surface area contributed by atoms with Crippen LogP contribution in [0, 0.1) is 20.8 Å². The van der Waals surface area contributed by atoms with Crippen molar-refractivity contribution in [2.45, 2.75) is 34.0 Å². The zero-order valence-electron chi connectivity index (χ0n) is 16.4. The summed E-state index contributed by atoms with van der Waals surface area (Å²) < 4.78 is 9.21. The highest BCUT2D eigenvalue weighted by atomic mass is 16.5. The molecule has 3 rings (SSSR count). The van der Waals surface area contributed by atoms with Crippen molar-refractivity contribution in [2.75, 3.05) is 7.05 Å². The van der Waals surface area contributed by atoms with Crippen LogP contribution in [-0.4, -0.2) is 37.4 Å². The lowest BCUT2D eigenvalue weighted by Crippen LogP contribution is -2.27. The summed E-state index contributed by atoms with van der Waals surface area (Å²) >= 11 is 0. The summed E-state index contributed by atoms with van der Waals surface area (Å²) in [6, 6.07) is 7.78. The molecule has 0 atom stereocenters. The van der Waals surface area contributed by atoms with Gasteiger partial charge in [0.15, 0.2) is 12.4 Å². The van der Waals surface area contributed by atoms with Crippen LogP contribution in [0.1, 0.15) is 32.9 Å². The minimum atomic E-state index is -0.135. The van der Waals surface area contributed by atoms with Crippen molar-refractivity contribution >= 4 is 5.91 Å². The highest BCUT2D eigenvalue weighted by molar-refractivity contribution is 5.91. The molecule has 0 fully saturated rings. The predicted molar refractivity (Wildman–Crippen MR) is 103 cm³/mol. The van der Waals surface area contributed by atoms with E-state index in [9.17, 15) is 4.79 Å². The van der Waals surface area contributed by atoms with Gasteiger partial charge in [-0.15, -0.1) is 0 Å². The Morgan fingerprint density at radius 2 is 1.96 bits per heavy atom. The van der Waals surface area contributed by atoms with E-state index in [1.54, 1.807) is 33.6 Å². The number of nitrogens with zero attached hydrogens (tertiary/aromatic N) is 5. The molecule has 27 heavy (non-hydrogen) atoms. The molecule has 0 unspecified atom stereocenters. The van der Waals surface area contributed by atoms with E-state index in [0.29, 0.717) is 12.2 Å². The molecule has 3 aromatic rings. The average Bonchev–Trinajstić information content (AvgIpc) is 3.21. The molecule has 142 valence electrons. The maximum absolute atomic E-state index is 12.6. The number of amides is 1. The topological polar surface area (TPSA) is 65.2 Å². The van der Waals surface area contributed by atoms with Gasteiger partial charge in [0.25, 0.3) is 5.91 Å². The highest BCUT2D eigenvalue weighted by Crippen LogP contribution is 2.19. The monoisotopic (exact) mass is 367 g/mol. The van der Waals surface area contributed by atoms with Gasteiger partial charge in [-0.2, -0.15) is 10.2 Å². The Morgan fingerprint density at radius 1 is 1.19 bits per heavy atom. The molecule has 2 heterocycles. The van der Waals surface area contributed by atoms with Crippen molar-refractivity contribution in [3.8, 4) is 5.75 Å². The van der Waals surface area contributed by atoms with Gasteiger partial charge in [-0.05, 0) is 44.0 Å². The van der Waals surface area contributed by atoms with Gasteiger partial charge in [0, 0.05) is 38.6 Å². The first-order valence-corrected chi connectivity index (χ1v) is 8.81. The number of carbonyl (C=O) groups is 1. The minimum absolute atomic E-state index is 0.135. The number of ether oxygens (including phenoxy) is 1. The molecule has 0 saturated heterocycles. The van der Waals surface area contributed by atoms with E-state index in [-0.39, 0.29) is 12.6 Å². The number of hydrogen-bond acceptors (Lipinski definition) is 4. The van der Waals surface area contributed by atoms with Crippen LogP contribution >= 0.6 is 0 Å². The van der Waals surface area contributed by atoms with E-state index in [1.807, 2.05) is 52.2 Å². The fourth-order valence-corrected chi connectivity index (χ4v) is 2.87. The predicted octanol–water partition coefficient (Wildman–Crippen LogP) is 2.85.